The van der Waals surface area contributed by atoms with Crippen molar-refractivity contribution in [2.75, 3.05) is 26.7 Å². The van der Waals surface area contributed by atoms with Crippen molar-refractivity contribution in [3.05, 3.63) is 65.7 Å². The van der Waals surface area contributed by atoms with E-state index in [2.05, 4.69) is 4.90 Å². The number of nitrogens with zero attached hydrogens (tertiary/aromatic N) is 1. The van der Waals surface area contributed by atoms with Gasteiger partial charge in [-0.2, -0.15) is 0 Å². The van der Waals surface area contributed by atoms with Crippen molar-refractivity contribution in [3.8, 4) is 5.75 Å². The van der Waals surface area contributed by atoms with E-state index in [0.29, 0.717) is 18.3 Å². The maximum Gasteiger partial charge on any atom is 0.307 e. The molecule has 3 aliphatic heterocycles. The van der Waals surface area contributed by atoms with Crippen LogP contribution in [0.2, 0.25) is 0 Å². The lowest BCUT2D eigenvalue weighted by atomic mass is 9.77. The van der Waals surface area contributed by atoms with Crippen LogP contribution in [0, 0.1) is 11.8 Å². The Morgan fingerprint density at radius 2 is 1.70 bits per heavy atom. The van der Waals surface area contributed by atoms with Crippen LogP contribution < -0.4 is 4.74 Å². The highest BCUT2D eigenvalue weighted by atomic mass is 16.5. The van der Waals surface area contributed by atoms with Gasteiger partial charge in [0.05, 0.1) is 7.11 Å². The number of methoxy groups -OCH3 is 1. The monoisotopic (exact) mass is 365 g/mol. The van der Waals surface area contributed by atoms with Crippen molar-refractivity contribution in [1.29, 1.82) is 0 Å². The van der Waals surface area contributed by atoms with Gasteiger partial charge in [-0.15, -0.1) is 0 Å². The van der Waals surface area contributed by atoms with Crippen LogP contribution in [0.4, 0.5) is 0 Å². The molecule has 4 nitrogen and oxygen atoms in total. The molecule has 0 radical (unpaired) electrons. The van der Waals surface area contributed by atoms with Gasteiger partial charge in [-0.25, -0.2) is 0 Å². The predicted molar refractivity (Wildman–Crippen MR) is 105 cm³/mol. The van der Waals surface area contributed by atoms with E-state index in [-0.39, 0.29) is 12.1 Å². The molecular formula is C23H27NO3. The summed E-state index contributed by atoms with van der Waals surface area (Å²) in [5, 5.41) is 0. The number of fused-ring (bicyclic) bond motifs is 3. The van der Waals surface area contributed by atoms with Crippen LogP contribution >= 0.6 is 0 Å². The van der Waals surface area contributed by atoms with Crippen LogP contribution in [0.1, 0.15) is 36.5 Å². The molecule has 3 fully saturated rings. The number of hydrogen-bond acceptors (Lipinski definition) is 4. The molecule has 2 aromatic rings. The highest BCUT2D eigenvalue weighted by Crippen LogP contribution is 2.35. The van der Waals surface area contributed by atoms with Crippen LogP contribution in [0.5, 0.6) is 5.75 Å². The molecule has 0 saturated carbocycles. The van der Waals surface area contributed by atoms with Gasteiger partial charge in [0, 0.05) is 13.0 Å². The summed E-state index contributed by atoms with van der Waals surface area (Å²) in [6, 6.07) is 17.7. The van der Waals surface area contributed by atoms with Crippen LogP contribution in [0.15, 0.2) is 54.6 Å². The largest absolute Gasteiger partial charge is 0.497 e. The number of carbonyl (C=O) groups excluding carboxylic acids is 1. The van der Waals surface area contributed by atoms with Gasteiger partial charge in [0.1, 0.15) is 5.75 Å². The van der Waals surface area contributed by atoms with E-state index in [0.717, 1.165) is 23.4 Å². The van der Waals surface area contributed by atoms with E-state index >= 15 is 0 Å². The fraction of sp³-hybridized carbons (Fsp3) is 0.435. The summed E-state index contributed by atoms with van der Waals surface area (Å²) < 4.78 is 11.3. The molecule has 142 valence electrons. The second kappa shape index (κ2) is 8.13. The first-order valence-corrected chi connectivity index (χ1v) is 9.83. The first-order valence-electron chi connectivity index (χ1n) is 9.83. The van der Waals surface area contributed by atoms with Gasteiger partial charge in [0.25, 0.3) is 0 Å². The standard InChI is InChI=1S/C23H27NO3/c1-26-21-9-7-19(8-10-21)23(18-5-3-2-4-6-18)27-22(25)15-20-16-24-13-11-17(20)12-14-24/h2-10,17,20,23H,11-16H2,1H3/t20-,23?/m0/s1. The number of carbonyl (C=O) groups is 1. The fourth-order valence-corrected chi connectivity index (χ4v) is 4.45. The summed E-state index contributed by atoms with van der Waals surface area (Å²) in [4.78, 5) is 15.3. The van der Waals surface area contributed by atoms with Crippen molar-refractivity contribution < 1.29 is 14.3 Å². The maximum absolute atomic E-state index is 12.8. The molecule has 27 heavy (non-hydrogen) atoms. The minimum Gasteiger partial charge on any atom is -0.497 e. The first kappa shape index (κ1) is 18.1. The van der Waals surface area contributed by atoms with Gasteiger partial charge in [-0.05, 0) is 61.0 Å². The van der Waals surface area contributed by atoms with Crippen molar-refractivity contribution in [3.63, 3.8) is 0 Å². The number of ether oxygens (including phenoxy) is 2. The molecule has 2 bridgehead atoms. The van der Waals surface area contributed by atoms with Gasteiger partial charge in [0.2, 0.25) is 0 Å². The molecule has 3 saturated heterocycles. The Morgan fingerprint density at radius 3 is 2.30 bits per heavy atom. The molecule has 2 atom stereocenters. The van der Waals surface area contributed by atoms with E-state index in [4.69, 9.17) is 9.47 Å². The molecule has 4 heteroatoms. The Morgan fingerprint density at radius 1 is 1.04 bits per heavy atom. The van der Waals surface area contributed by atoms with Gasteiger partial charge < -0.3 is 14.4 Å². The molecule has 2 aromatic carbocycles. The number of benzene rings is 2. The summed E-state index contributed by atoms with van der Waals surface area (Å²) in [6.07, 6.45) is 2.57. The summed E-state index contributed by atoms with van der Waals surface area (Å²) in [5.41, 5.74) is 1.95. The van der Waals surface area contributed by atoms with Crippen molar-refractivity contribution in [1.82, 2.24) is 4.90 Å². The molecule has 3 aliphatic rings. The molecular weight excluding hydrogens is 338 g/mol. The van der Waals surface area contributed by atoms with Crippen molar-refractivity contribution in [2.24, 2.45) is 11.8 Å². The molecule has 0 aliphatic carbocycles. The van der Waals surface area contributed by atoms with Gasteiger partial charge >= 0.3 is 5.97 Å². The Labute approximate surface area is 161 Å². The topological polar surface area (TPSA) is 38.8 Å². The van der Waals surface area contributed by atoms with E-state index in [1.807, 2.05) is 54.6 Å². The molecule has 0 aromatic heterocycles. The summed E-state index contributed by atoms with van der Waals surface area (Å²) >= 11 is 0. The van der Waals surface area contributed by atoms with Crippen molar-refractivity contribution in [2.45, 2.75) is 25.4 Å². The lowest BCUT2D eigenvalue weighted by Crippen LogP contribution is -2.48. The third-order valence-corrected chi connectivity index (χ3v) is 5.99. The Hall–Kier alpha value is -2.33. The average Bonchev–Trinajstić information content (AvgIpc) is 2.74. The smallest absolute Gasteiger partial charge is 0.307 e. The number of esters is 1. The zero-order valence-electron chi connectivity index (χ0n) is 15.8. The lowest BCUT2D eigenvalue weighted by molar-refractivity contribution is -0.150. The van der Waals surface area contributed by atoms with Crippen LogP contribution in [0.25, 0.3) is 0 Å². The Bertz CT molecular complexity index is 751. The molecule has 1 unspecified atom stereocenters. The van der Waals surface area contributed by atoms with Gasteiger partial charge in [0.15, 0.2) is 6.10 Å². The van der Waals surface area contributed by atoms with Gasteiger partial charge in [-0.1, -0.05) is 42.5 Å². The molecule has 0 N–H and O–H groups in total. The van der Waals surface area contributed by atoms with Crippen molar-refractivity contribution >= 4 is 5.97 Å². The Balaban J connectivity index is 1.49. The minimum absolute atomic E-state index is 0.0987. The molecule has 3 heterocycles. The first-order chi connectivity index (χ1) is 13.2. The van der Waals surface area contributed by atoms with Crippen LogP contribution in [-0.2, 0) is 9.53 Å². The Kier molecular flexibility index (Phi) is 5.44. The van der Waals surface area contributed by atoms with Crippen LogP contribution in [-0.4, -0.2) is 37.6 Å². The number of rotatable bonds is 6. The second-order valence-corrected chi connectivity index (χ2v) is 7.66. The summed E-state index contributed by atoms with van der Waals surface area (Å²) in [5.74, 6) is 1.81. The highest BCUT2D eigenvalue weighted by molar-refractivity contribution is 5.70. The summed E-state index contributed by atoms with van der Waals surface area (Å²) in [6.45, 7) is 3.42. The molecule has 5 rings (SSSR count). The van der Waals surface area contributed by atoms with E-state index in [9.17, 15) is 4.79 Å². The normalized spacial score (nSPS) is 25.0. The zero-order valence-corrected chi connectivity index (χ0v) is 15.8. The van der Waals surface area contributed by atoms with E-state index in [1.54, 1.807) is 7.11 Å². The van der Waals surface area contributed by atoms with Crippen LogP contribution in [0.3, 0.4) is 0 Å². The third kappa shape index (κ3) is 4.16. The second-order valence-electron chi connectivity index (χ2n) is 7.66. The maximum atomic E-state index is 12.8. The van der Waals surface area contributed by atoms with E-state index in [1.165, 1.54) is 25.9 Å². The minimum atomic E-state index is -0.384. The summed E-state index contributed by atoms with van der Waals surface area (Å²) in [7, 11) is 1.65. The molecule has 0 amide bonds. The third-order valence-electron chi connectivity index (χ3n) is 5.99. The number of hydrogen-bond donors (Lipinski definition) is 0. The van der Waals surface area contributed by atoms with Gasteiger partial charge in [-0.3, -0.25) is 4.79 Å². The zero-order chi connectivity index (χ0) is 18.6. The van der Waals surface area contributed by atoms with E-state index < -0.39 is 0 Å². The highest BCUT2D eigenvalue weighted by Gasteiger charge is 2.36. The SMILES string of the molecule is COc1ccc(C(OC(=O)C[C@H]2CN3CCC2CC3)c2ccccc2)cc1. The molecule has 0 spiro atoms. The quantitative estimate of drug-likeness (QED) is 0.724. The lowest BCUT2D eigenvalue weighted by Gasteiger charge is -2.44. The predicted octanol–water partition coefficient (Wildman–Crippen LogP) is 4.06. The number of piperidine rings is 3. The fourth-order valence-electron chi connectivity index (χ4n) is 4.45. The average molecular weight is 365 g/mol.